The third-order valence-electron chi connectivity index (χ3n) is 2.82. The van der Waals surface area contributed by atoms with Crippen LogP contribution in [0.5, 0.6) is 0 Å². The van der Waals surface area contributed by atoms with Gasteiger partial charge in [-0.15, -0.1) is 0 Å². The highest BCUT2D eigenvalue weighted by Gasteiger charge is 2.44. The van der Waals surface area contributed by atoms with Crippen molar-refractivity contribution in [3.8, 4) is 0 Å². The van der Waals surface area contributed by atoms with Crippen molar-refractivity contribution < 1.29 is 4.79 Å². The number of amides is 2. The molecule has 0 radical (unpaired) electrons. The van der Waals surface area contributed by atoms with Gasteiger partial charge in [-0.2, -0.15) is 0 Å². The fourth-order valence-electron chi connectivity index (χ4n) is 1.51. The number of carbonyl (C=O) groups excluding carboxylic acids is 1. The van der Waals surface area contributed by atoms with E-state index in [4.69, 9.17) is 5.73 Å². The molecule has 2 amide bonds. The molecular formula is C10H21N3O. The van der Waals surface area contributed by atoms with Crippen LogP contribution in [0.4, 0.5) is 4.79 Å². The zero-order valence-electron chi connectivity index (χ0n) is 9.50. The van der Waals surface area contributed by atoms with E-state index in [1.165, 1.54) is 0 Å². The van der Waals surface area contributed by atoms with Gasteiger partial charge in [0.2, 0.25) is 0 Å². The molecule has 4 heteroatoms. The Morgan fingerprint density at radius 2 is 1.86 bits per heavy atom. The van der Waals surface area contributed by atoms with Crippen molar-refractivity contribution in [2.24, 2.45) is 11.7 Å². The lowest BCUT2D eigenvalue weighted by Gasteiger charge is -2.50. The lowest BCUT2D eigenvalue weighted by molar-refractivity contribution is 0.0646. The highest BCUT2D eigenvalue weighted by Crippen LogP contribution is 2.25. The first kappa shape index (κ1) is 11.3. The van der Waals surface area contributed by atoms with Gasteiger partial charge in [0.15, 0.2) is 0 Å². The van der Waals surface area contributed by atoms with Gasteiger partial charge in [-0.1, -0.05) is 13.8 Å². The fourth-order valence-corrected chi connectivity index (χ4v) is 1.51. The first-order valence-corrected chi connectivity index (χ1v) is 5.19. The molecule has 4 nitrogen and oxygen atoms in total. The number of rotatable bonds is 2. The van der Waals surface area contributed by atoms with Gasteiger partial charge in [0.25, 0.3) is 0 Å². The van der Waals surface area contributed by atoms with E-state index in [9.17, 15) is 4.79 Å². The SMILES string of the molecule is CC(C)NC(=O)N1CC(N)(C(C)C)C1. The van der Waals surface area contributed by atoms with Crippen LogP contribution in [-0.4, -0.2) is 35.6 Å². The minimum absolute atomic E-state index is 0.00160. The van der Waals surface area contributed by atoms with Gasteiger partial charge >= 0.3 is 6.03 Å². The number of urea groups is 1. The van der Waals surface area contributed by atoms with Crippen molar-refractivity contribution in [2.45, 2.75) is 39.3 Å². The first-order valence-electron chi connectivity index (χ1n) is 5.19. The number of hydrogen-bond donors (Lipinski definition) is 2. The van der Waals surface area contributed by atoms with Crippen LogP contribution < -0.4 is 11.1 Å². The van der Waals surface area contributed by atoms with Gasteiger partial charge in [0, 0.05) is 19.1 Å². The molecule has 1 aliphatic heterocycles. The largest absolute Gasteiger partial charge is 0.336 e. The zero-order valence-corrected chi connectivity index (χ0v) is 9.50. The summed E-state index contributed by atoms with van der Waals surface area (Å²) in [6.45, 7) is 9.44. The summed E-state index contributed by atoms with van der Waals surface area (Å²) in [5.74, 6) is 0.422. The Morgan fingerprint density at radius 3 is 2.21 bits per heavy atom. The molecule has 0 aromatic heterocycles. The number of hydrogen-bond acceptors (Lipinski definition) is 2. The van der Waals surface area contributed by atoms with E-state index < -0.39 is 0 Å². The number of likely N-dealkylation sites (tertiary alicyclic amines) is 1. The topological polar surface area (TPSA) is 58.4 Å². The minimum Gasteiger partial charge on any atom is -0.336 e. The van der Waals surface area contributed by atoms with E-state index in [0.29, 0.717) is 19.0 Å². The van der Waals surface area contributed by atoms with Gasteiger partial charge in [-0.05, 0) is 19.8 Å². The van der Waals surface area contributed by atoms with Crippen LogP contribution in [-0.2, 0) is 0 Å². The lowest BCUT2D eigenvalue weighted by Crippen LogP contribution is -2.72. The van der Waals surface area contributed by atoms with Gasteiger partial charge in [0.1, 0.15) is 0 Å². The summed E-state index contributed by atoms with van der Waals surface area (Å²) in [7, 11) is 0. The monoisotopic (exact) mass is 199 g/mol. The summed E-state index contributed by atoms with van der Waals surface area (Å²) >= 11 is 0. The van der Waals surface area contributed by atoms with Crippen LogP contribution in [0, 0.1) is 5.92 Å². The molecule has 1 aliphatic rings. The van der Waals surface area contributed by atoms with Gasteiger partial charge in [0.05, 0.1) is 5.54 Å². The van der Waals surface area contributed by atoms with Crippen LogP contribution in [0.1, 0.15) is 27.7 Å². The van der Waals surface area contributed by atoms with Crippen molar-refractivity contribution in [3.63, 3.8) is 0 Å². The Morgan fingerprint density at radius 1 is 1.36 bits per heavy atom. The summed E-state index contributed by atoms with van der Waals surface area (Å²) in [5, 5.41) is 2.85. The Balaban J connectivity index is 2.37. The summed E-state index contributed by atoms with van der Waals surface area (Å²) in [4.78, 5) is 13.3. The molecule has 1 saturated heterocycles. The molecule has 1 fully saturated rings. The highest BCUT2D eigenvalue weighted by atomic mass is 16.2. The van der Waals surface area contributed by atoms with Gasteiger partial charge < -0.3 is 16.0 Å². The molecule has 0 spiro atoms. The van der Waals surface area contributed by atoms with Crippen molar-refractivity contribution in [3.05, 3.63) is 0 Å². The first-order chi connectivity index (χ1) is 6.35. The predicted octanol–water partition coefficient (Wildman–Crippen LogP) is 0.773. The number of nitrogens with two attached hydrogens (primary N) is 1. The van der Waals surface area contributed by atoms with Crippen molar-refractivity contribution in [1.29, 1.82) is 0 Å². The molecule has 1 rings (SSSR count). The Hall–Kier alpha value is -0.770. The van der Waals surface area contributed by atoms with Crippen LogP contribution in [0.15, 0.2) is 0 Å². The molecule has 14 heavy (non-hydrogen) atoms. The molecule has 0 aromatic rings. The van der Waals surface area contributed by atoms with E-state index in [1.807, 2.05) is 13.8 Å². The van der Waals surface area contributed by atoms with E-state index in [1.54, 1.807) is 4.90 Å². The quantitative estimate of drug-likeness (QED) is 0.690. The maximum absolute atomic E-state index is 11.5. The second-order valence-electron chi connectivity index (χ2n) is 4.85. The Bertz CT molecular complexity index is 219. The van der Waals surface area contributed by atoms with E-state index in [2.05, 4.69) is 19.2 Å². The molecule has 0 atom stereocenters. The molecule has 3 N–H and O–H groups in total. The molecule has 0 unspecified atom stereocenters. The van der Waals surface area contributed by atoms with E-state index in [-0.39, 0.29) is 17.6 Å². The molecule has 0 aromatic carbocycles. The average Bonchev–Trinajstić information content (AvgIpc) is 1.96. The predicted molar refractivity (Wildman–Crippen MR) is 57.0 cm³/mol. The second-order valence-corrected chi connectivity index (χ2v) is 4.85. The molecule has 0 saturated carbocycles. The van der Waals surface area contributed by atoms with Crippen molar-refractivity contribution in [2.75, 3.05) is 13.1 Å². The molecule has 82 valence electrons. The third-order valence-corrected chi connectivity index (χ3v) is 2.82. The summed E-state index contributed by atoms with van der Waals surface area (Å²) < 4.78 is 0. The molecule has 0 aliphatic carbocycles. The van der Waals surface area contributed by atoms with Crippen molar-refractivity contribution in [1.82, 2.24) is 10.2 Å². The van der Waals surface area contributed by atoms with Crippen LogP contribution >= 0.6 is 0 Å². The minimum atomic E-state index is -0.172. The maximum Gasteiger partial charge on any atom is 0.317 e. The Labute approximate surface area is 85.8 Å². The lowest BCUT2D eigenvalue weighted by atomic mass is 9.80. The summed E-state index contributed by atoms with van der Waals surface area (Å²) in [6.07, 6.45) is 0. The standard InChI is InChI=1S/C10H21N3O/c1-7(2)10(11)5-13(6-10)9(14)12-8(3)4/h7-8H,5-6,11H2,1-4H3,(H,12,14). The number of carbonyl (C=O) groups is 1. The van der Waals surface area contributed by atoms with Gasteiger partial charge in [-0.3, -0.25) is 0 Å². The number of nitrogens with zero attached hydrogens (tertiary/aromatic N) is 1. The number of nitrogens with one attached hydrogen (secondary N) is 1. The molecule has 1 heterocycles. The maximum atomic E-state index is 11.5. The molecule has 0 bridgehead atoms. The average molecular weight is 199 g/mol. The zero-order chi connectivity index (χ0) is 10.9. The van der Waals surface area contributed by atoms with Crippen LogP contribution in [0.2, 0.25) is 0 Å². The van der Waals surface area contributed by atoms with Crippen molar-refractivity contribution >= 4 is 6.03 Å². The van der Waals surface area contributed by atoms with Crippen LogP contribution in [0.3, 0.4) is 0 Å². The molecular weight excluding hydrogens is 178 g/mol. The van der Waals surface area contributed by atoms with Gasteiger partial charge in [-0.25, -0.2) is 4.79 Å². The third kappa shape index (κ3) is 2.18. The normalized spacial score (nSPS) is 19.8. The summed E-state index contributed by atoms with van der Waals surface area (Å²) in [6, 6.07) is 0.191. The Kier molecular flexibility index (Phi) is 3.04. The summed E-state index contributed by atoms with van der Waals surface area (Å²) in [5.41, 5.74) is 5.91. The smallest absolute Gasteiger partial charge is 0.317 e. The fraction of sp³-hybridized carbons (Fsp3) is 0.900. The second kappa shape index (κ2) is 3.77. The van der Waals surface area contributed by atoms with Crippen LogP contribution in [0.25, 0.3) is 0 Å². The van der Waals surface area contributed by atoms with E-state index >= 15 is 0 Å². The highest BCUT2D eigenvalue weighted by molar-refractivity contribution is 5.75. The van der Waals surface area contributed by atoms with E-state index in [0.717, 1.165) is 0 Å².